The van der Waals surface area contributed by atoms with Crippen molar-refractivity contribution in [1.29, 1.82) is 0 Å². The zero-order chi connectivity index (χ0) is 15.6. The van der Waals surface area contributed by atoms with E-state index in [2.05, 4.69) is 5.32 Å². The molecular formula is C15H22N4O2. The molecule has 0 saturated carbocycles. The lowest BCUT2D eigenvalue weighted by atomic mass is 10.1. The number of fused-ring (bicyclic) bond motifs is 1. The number of carbonyl (C=O) groups is 1. The zero-order valence-corrected chi connectivity index (χ0v) is 12.7. The molecule has 2 rings (SSSR count). The van der Waals surface area contributed by atoms with Crippen molar-refractivity contribution in [3.63, 3.8) is 0 Å². The minimum atomic E-state index is -0.482. The van der Waals surface area contributed by atoms with Crippen LogP contribution >= 0.6 is 0 Å². The SMILES string of the molecule is CCn1c(=O)n(CC(=O)NC(C)(C)CN)c2ccccc21. The van der Waals surface area contributed by atoms with E-state index in [0.717, 1.165) is 11.0 Å². The number of amides is 1. The molecule has 1 aromatic carbocycles. The second-order valence-corrected chi connectivity index (χ2v) is 5.74. The predicted octanol–water partition coefficient (Wildman–Crippen LogP) is 0.676. The van der Waals surface area contributed by atoms with Crippen LogP contribution in [0.15, 0.2) is 29.1 Å². The maximum absolute atomic E-state index is 12.4. The number of nitrogens with two attached hydrogens (primary N) is 1. The Morgan fingerprint density at radius 1 is 1.24 bits per heavy atom. The van der Waals surface area contributed by atoms with Crippen molar-refractivity contribution in [2.24, 2.45) is 5.73 Å². The van der Waals surface area contributed by atoms with E-state index in [0.29, 0.717) is 13.1 Å². The van der Waals surface area contributed by atoms with Crippen molar-refractivity contribution in [1.82, 2.24) is 14.5 Å². The highest BCUT2D eigenvalue weighted by Gasteiger charge is 2.20. The van der Waals surface area contributed by atoms with Gasteiger partial charge in [-0.3, -0.25) is 13.9 Å². The molecule has 0 aliphatic heterocycles. The fourth-order valence-electron chi connectivity index (χ4n) is 2.34. The highest BCUT2D eigenvalue weighted by atomic mass is 16.2. The van der Waals surface area contributed by atoms with Gasteiger partial charge in [-0.25, -0.2) is 4.79 Å². The minimum absolute atomic E-state index is 0.00419. The third-order valence-electron chi connectivity index (χ3n) is 3.53. The Balaban J connectivity index is 2.37. The Morgan fingerprint density at radius 2 is 1.81 bits per heavy atom. The molecule has 2 aromatic rings. The molecule has 0 bridgehead atoms. The molecule has 0 atom stereocenters. The van der Waals surface area contributed by atoms with Crippen LogP contribution in [0, 0.1) is 0 Å². The van der Waals surface area contributed by atoms with E-state index >= 15 is 0 Å². The van der Waals surface area contributed by atoms with E-state index < -0.39 is 5.54 Å². The number of aryl methyl sites for hydroxylation is 1. The molecule has 0 fully saturated rings. The van der Waals surface area contributed by atoms with Crippen LogP contribution < -0.4 is 16.7 Å². The Hall–Kier alpha value is -2.08. The maximum atomic E-state index is 12.4. The number of para-hydroxylation sites is 2. The third kappa shape index (κ3) is 3.00. The Kier molecular flexibility index (Phi) is 4.18. The average Bonchev–Trinajstić information content (AvgIpc) is 2.71. The number of benzene rings is 1. The van der Waals surface area contributed by atoms with Crippen LogP contribution in [-0.4, -0.2) is 27.1 Å². The van der Waals surface area contributed by atoms with Crippen LogP contribution in [0.25, 0.3) is 11.0 Å². The summed E-state index contributed by atoms with van der Waals surface area (Å²) in [6, 6.07) is 7.48. The molecule has 0 aliphatic carbocycles. The van der Waals surface area contributed by atoms with Crippen molar-refractivity contribution < 1.29 is 4.79 Å². The number of imidazole rings is 1. The second kappa shape index (κ2) is 5.73. The molecule has 114 valence electrons. The van der Waals surface area contributed by atoms with Gasteiger partial charge in [-0.2, -0.15) is 0 Å². The number of nitrogens with zero attached hydrogens (tertiary/aromatic N) is 2. The molecule has 21 heavy (non-hydrogen) atoms. The van der Waals surface area contributed by atoms with Crippen LogP contribution in [0.5, 0.6) is 0 Å². The third-order valence-corrected chi connectivity index (χ3v) is 3.53. The molecule has 3 N–H and O–H groups in total. The summed E-state index contributed by atoms with van der Waals surface area (Å²) in [5.41, 5.74) is 6.57. The van der Waals surface area contributed by atoms with Gasteiger partial charge in [-0.05, 0) is 32.9 Å². The highest BCUT2D eigenvalue weighted by Crippen LogP contribution is 2.12. The topological polar surface area (TPSA) is 82.0 Å². The van der Waals surface area contributed by atoms with Gasteiger partial charge < -0.3 is 11.1 Å². The van der Waals surface area contributed by atoms with Gasteiger partial charge in [0.25, 0.3) is 0 Å². The van der Waals surface area contributed by atoms with Crippen LogP contribution in [-0.2, 0) is 17.9 Å². The molecule has 6 nitrogen and oxygen atoms in total. The summed E-state index contributed by atoms with van der Waals surface area (Å²) in [6.07, 6.45) is 0. The number of carbonyl (C=O) groups excluding carboxylic acids is 1. The standard InChI is InChI=1S/C15H22N4O2/c1-4-18-11-7-5-6-8-12(11)19(14(18)21)9-13(20)17-15(2,3)10-16/h5-8H,4,9-10,16H2,1-3H3,(H,17,20). The molecule has 1 aromatic heterocycles. The first-order chi connectivity index (χ1) is 9.89. The van der Waals surface area contributed by atoms with Gasteiger partial charge in [-0.1, -0.05) is 12.1 Å². The van der Waals surface area contributed by atoms with Crippen molar-refractivity contribution in [3.05, 3.63) is 34.7 Å². The van der Waals surface area contributed by atoms with Gasteiger partial charge in [-0.15, -0.1) is 0 Å². The first-order valence-corrected chi connectivity index (χ1v) is 7.08. The highest BCUT2D eigenvalue weighted by molar-refractivity contribution is 5.81. The molecule has 0 saturated heterocycles. The molecular weight excluding hydrogens is 268 g/mol. The molecule has 1 amide bonds. The summed E-state index contributed by atoms with van der Waals surface area (Å²) in [7, 11) is 0. The number of rotatable bonds is 5. The summed E-state index contributed by atoms with van der Waals surface area (Å²) in [5.74, 6) is -0.216. The first-order valence-electron chi connectivity index (χ1n) is 7.08. The summed E-state index contributed by atoms with van der Waals surface area (Å²) in [4.78, 5) is 24.6. The Labute approximate surface area is 123 Å². The van der Waals surface area contributed by atoms with Gasteiger partial charge in [0.05, 0.1) is 11.0 Å². The van der Waals surface area contributed by atoms with E-state index in [1.165, 1.54) is 4.57 Å². The quantitative estimate of drug-likeness (QED) is 0.849. The van der Waals surface area contributed by atoms with Crippen LogP contribution in [0.4, 0.5) is 0 Å². The largest absolute Gasteiger partial charge is 0.348 e. The lowest BCUT2D eigenvalue weighted by Crippen LogP contribution is -2.50. The Bertz CT molecular complexity index is 712. The minimum Gasteiger partial charge on any atom is -0.348 e. The van der Waals surface area contributed by atoms with E-state index in [1.807, 2.05) is 45.0 Å². The lowest BCUT2D eigenvalue weighted by Gasteiger charge is -2.24. The number of nitrogens with one attached hydrogen (secondary N) is 1. The van der Waals surface area contributed by atoms with Crippen molar-refractivity contribution in [3.8, 4) is 0 Å². The van der Waals surface area contributed by atoms with Crippen LogP contribution in [0.1, 0.15) is 20.8 Å². The fraction of sp³-hybridized carbons (Fsp3) is 0.467. The van der Waals surface area contributed by atoms with Crippen LogP contribution in [0.3, 0.4) is 0 Å². The zero-order valence-electron chi connectivity index (χ0n) is 12.7. The summed E-state index contributed by atoms with van der Waals surface area (Å²) >= 11 is 0. The molecule has 0 radical (unpaired) electrons. The summed E-state index contributed by atoms with van der Waals surface area (Å²) in [5, 5.41) is 2.84. The Morgan fingerprint density at radius 3 is 2.33 bits per heavy atom. The van der Waals surface area contributed by atoms with E-state index in [9.17, 15) is 9.59 Å². The smallest absolute Gasteiger partial charge is 0.329 e. The molecule has 1 heterocycles. The molecule has 6 heteroatoms. The maximum Gasteiger partial charge on any atom is 0.329 e. The van der Waals surface area contributed by atoms with Gasteiger partial charge in [0.2, 0.25) is 5.91 Å². The number of aromatic nitrogens is 2. The second-order valence-electron chi connectivity index (χ2n) is 5.74. The van der Waals surface area contributed by atoms with Crippen LogP contribution in [0.2, 0.25) is 0 Å². The monoisotopic (exact) mass is 290 g/mol. The van der Waals surface area contributed by atoms with Crippen molar-refractivity contribution >= 4 is 16.9 Å². The predicted molar refractivity (Wildman–Crippen MR) is 83.1 cm³/mol. The summed E-state index contributed by atoms with van der Waals surface area (Å²) in [6.45, 7) is 6.52. The van der Waals surface area contributed by atoms with Crippen molar-refractivity contribution in [2.75, 3.05) is 6.54 Å². The van der Waals surface area contributed by atoms with E-state index in [1.54, 1.807) is 4.57 Å². The molecule has 0 unspecified atom stereocenters. The lowest BCUT2D eigenvalue weighted by molar-refractivity contribution is -0.123. The number of hydrogen-bond donors (Lipinski definition) is 2. The van der Waals surface area contributed by atoms with E-state index in [-0.39, 0.29) is 18.1 Å². The normalized spacial score (nSPS) is 11.8. The summed E-state index contributed by atoms with van der Waals surface area (Å²) < 4.78 is 3.16. The molecule has 0 spiro atoms. The van der Waals surface area contributed by atoms with Gasteiger partial charge >= 0.3 is 5.69 Å². The van der Waals surface area contributed by atoms with Gasteiger partial charge in [0.15, 0.2) is 0 Å². The van der Waals surface area contributed by atoms with Gasteiger partial charge in [0.1, 0.15) is 6.54 Å². The number of hydrogen-bond acceptors (Lipinski definition) is 3. The van der Waals surface area contributed by atoms with E-state index in [4.69, 9.17) is 5.73 Å². The van der Waals surface area contributed by atoms with Gasteiger partial charge in [0, 0.05) is 18.6 Å². The average molecular weight is 290 g/mol. The molecule has 0 aliphatic rings. The first kappa shape index (κ1) is 15.3. The fourth-order valence-corrected chi connectivity index (χ4v) is 2.34. The van der Waals surface area contributed by atoms with Crippen molar-refractivity contribution in [2.45, 2.75) is 39.4 Å².